The lowest BCUT2D eigenvalue weighted by molar-refractivity contribution is 0.255. The van der Waals surface area contributed by atoms with Crippen molar-refractivity contribution in [2.24, 2.45) is 0 Å². The lowest BCUT2D eigenvalue weighted by Crippen LogP contribution is -2.29. The van der Waals surface area contributed by atoms with Crippen molar-refractivity contribution in [1.82, 2.24) is 24.5 Å². The highest BCUT2D eigenvalue weighted by Crippen LogP contribution is 2.38. The number of imidazole rings is 1. The van der Waals surface area contributed by atoms with Gasteiger partial charge in [-0.3, -0.25) is 0 Å². The van der Waals surface area contributed by atoms with Crippen LogP contribution in [0.2, 0.25) is 5.02 Å². The molecule has 1 aromatic carbocycles. The molecule has 0 spiro atoms. The number of hydrogen-bond donors (Lipinski definition) is 2. The molecule has 5 rings (SSSR count). The molecule has 9 heteroatoms. The van der Waals surface area contributed by atoms with Crippen molar-refractivity contribution in [3.05, 3.63) is 40.2 Å². The summed E-state index contributed by atoms with van der Waals surface area (Å²) in [6, 6.07) is 6.27. The molecule has 3 heterocycles. The van der Waals surface area contributed by atoms with Gasteiger partial charge in [-0.05, 0) is 75.4 Å². The minimum Gasteiger partial charge on any atom is -0.364 e. The van der Waals surface area contributed by atoms with Gasteiger partial charge >= 0.3 is 0 Å². The van der Waals surface area contributed by atoms with Crippen molar-refractivity contribution in [2.75, 3.05) is 30.8 Å². The number of nitrogens with zero attached hydrogens (tertiary/aromatic N) is 6. The second-order valence-corrected chi connectivity index (χ2v) is 8.85. The fraction of sp³-hybridized carbons (Fsp3) is 0.391. The van der Waals surface area contributed by atoms with Crippen molar-refractivity contribution >= 4 is 34.7 Å². The van der Waals surface area contributed by atoms with Crippen LogP contribution in [0.4, 0.5) is 17.5 Å². The number of aromatic nitrogens is 4. The van der Waals surface area contributed by atoms with Crippen LogP contribution in [0.3, 0.4) is 0 Å². The maximum absolute atomic E-state index is 9.61. The first-order valence-corrected chi connectivity index (χ1v) is 11.1. The lowest BCUT2D eigenvalue weighted by Gasteiger charge is -2.30. The van der Waals surface area contributed by atoms with E-state index < -0.39 is 0 Å². The molecule has 0 atom stereocenters. The van der Waals surface area contributed by atoms with Gasteiger partial charge in [0.15, 0.2) is 11.5 Å². The van der Waals surface area contributed by atoms with Crippen molar-refractivity contribution in [3.63, 3.8) is 0 Å². The van der Waals surface area contributed by atoms with Gasteiger partial charge in [-0.2, -0.15) is 14.8 Å². The van der Waals surface area contributed by atoms with Crippen LogP contribution in [0.25, 0.3) is 5.65 Å². The number of terminal acetylenes is 1. The van der Waals surface area contributed by atoms with Crippen LogP contribution >= 0.6 is 11.6 Å². The van der Waals surface area contributed by atoms with Gasteiger partial charge in [0.05, 0.1) is 28.5 Å². The van der Waals surface area contributed by atoms with Crippen LogP contribution in [-0.2, 0) is 0 Å². The van der Waals surface area contributed by atoms with E-state index in [1.54, 1.807) is 16.8 Å². The Hall–Kier alpha value is -3.33. The highest BCUT2D eigenvalue weighted by Gasteiger charge is 2.25. The number of benzene rings is 1. The third-order valence-corrected chi connectivity index (χ3v) is 6.48. The Labute approximate surface area is 191 Å². The topological polar surface area (TPSA) is 94.2 Å². The number of likely N-dealkylation sites (tertiary alicyclic amines) is 1. The van der Waals surface area contributed by atoms with E-state index in [4.69, 9.17) is 18.0 Å². The van der Waals surface area contributed by atoms with E-state index in [1.165, 1.54) is 0 Å². The maximum Gasteiger partial charge on any atom is 0.247 e. The molecule has 162 valence electrons. The van der Waals surface area contributed by atoms with E-state index in [0.717, 1.165) is 44.3 Å². The van der Waals surface area contributed by atoms with E-state index in [2.05, 4.69) is 49.6 Å². The monoisotopic (exact) mass is 446 g/mol. The number of anilines is 3. The van der Waals surface area contributed by atoms with Crippen LogP contribution in [0.5, 0.6) is 0 Å². The summed E-state index contributed by atoms with van der Waals surface area (Å²) < 4.78 is 1.60. The molecular weight excluding hydrogens is 424 g/mol. The second kappa shape index (κ2) is 8.31. The molecule has 0 unspecified atom stereocenters. The molecule has 1 saturated heterocycles. The molecule has 2 aromatic heterocycles. The van der Waals surface area contributed by atoms with Crippen molar-refractivity contribution in [2.45, 2.75) is 37.6 Å². The molecule has 1 aliphatic carbocycles. The van der Waals surface area contributed by atoms with Crippen molar-refractivity contribution < 1.29 is 0 Å². The second-order valence-electron chi connectivity index (χ2n) is 8.47. The molecule has 3 aromatic rings. The quantitative estimate of drug-likeness (QED) is 0.576. The van der Waals surface area contributed by atoms with Gasteiger partial charge in [-0.15, -0.1) is 11.5 Å². The molecule has 0 amide bonds. The molecule has 0 bridgehead atoms. The van der Waals surface area contributed by atoms with E-state index in [0.29, 0.717) is 51.3 Å². The lowest BCUT2D eigenvalue weighted by atomic mass is 9.88. The van der Waals surface area contributed by atoms with Gasteiger partial charge in [0.2, 0.25) is 5.95 Å². The zero-order chi connectivity index (χ0) is 22.2. The highest BCUT2D eigenvalue weighted by atomic mass is 35.5. The normalized spacial score (nSPS) is 17.1. The van der Waals surface area contributed by atoms with Crippen molar-refractivity contribution in [1.29, 1.82) is 5.26 Å². The Bertz CT molecular complexity index is 1260. The van der Waals surface area contributed by atoms with Gasteiger partial charge in [-0.1, -0.05) is 11.6 Å². The van der Waals surface area contributed by atoms with Gasteiger partial charge < -0.3 is 15.5 Å². The summed E-state index contributed by atoms with van der Waals surface area (Å²) >= 11 is 6.84. The Morgan fingerprint density at radius 2 is 2.00 bits per heavy atom. The molecular formula is C23H23ClN8. The fourth-order valence-corrected chi connectivity index (χ4v) is 4.40. The number of hydrogen-bond acceptors (Lipinski definition) is 7. The molecule has 2 N–H and O–H groups in total. The molecule has 2 aliphatic rings. The van der Waals surface area contributed by atoms with Crippen LogP contribution in [0.15, 0.2) is 18.3 Å². The fourth-order valence-electron chi connectivity index (χ4n) is 4.09. The Balaban J connectivity index is 1.54. The van der Waals surface area contributed by atoms with E-state index in [9.17, 15) is 5.26 Å². The van der Waals surface area contributed by atoms with Gasteiger partial charge in [0, 0.05) is 6.04 Å². The summed E-state index contributed by atoms with van der Waals surface area (Å²) in [7, 11) is 2.12. The summed E-state index contributed by atoms with van der Waals surface area (Å²) in [6.07, 6.45) is 11.4. The maximum atomic E-state index is 9.61. The number of nitriles is 1. The first kappa shape index (κ1) is 20.6. The SMILES string of the molecule is C#Cc1cnc2c(NC3CC3)nc(Nc3cc(C#N)cc(C4CCN(C)CC4)c3Cl)nn12. The molecule has 8 nitrogen and oxygen atoms in total. The number of fused-ring (bicyclic) bond motifs is 1. The average Bonchev–Trinajstić information content (AvgIpc) is 3.52. The Morgan fingerprint density at radius 3 is 2.69 bits per heavy atom. The summed E-state index contributed by atoms with van der Waals surface area (Å²) in [6.45, 7) is 2.01. The van der Waals surface area contributed by atoms with E-state index in [1.807, 2.05) is 6.07 Å². The van der Waals surface area contributed by atoms with Crippen molar-refractivity contribution in [3.8, 4) is 18.4 Å². The Kier molecular flexibility index (Phi) is 5.34. The van der Waals surface area contributed by atoms with Crippen LogP contribution in [0, 0.1) is 23.7 Å². The van der Waals surface area contributed by atoms with Gasteiger partial charge in [-0.25, -0.2) is 4.98 Å². The van der Waals surface area contributed by atoms with Crippen LogP contribution in [-0.4, -0.2) is 50.7 Å². The summed E-state index contributed by atoms with van der Waals surface area (Å²) in [5.41, 5.74) is 3.27. The minimum atomic E-state index is 0.310. The van der Waals surface area contributed by atoms with E-state index >= 15 is 0 Å². The summed E-state index contributed by atoms with van der Waals surface area (Å²) in [4.78, 5) is 11.3. The molecule has 32 heavy (non-hydrogen) atoms. The predicted octanol–water partition coefficient (Wildman–Crippen LogP) is 3.76. The number of nitrogens with one attached hydrogen (secondary N) is 2. The zero-order valence-electron chi connectivity index (χ0n) is 17.8. The molecule has 1 saturated carbocycles. The minimum absolute atomic E-state index is 0.310. The zero-order valence-corrected chi connectivity index (χ0v) is 18.5. The number of rotatable bonds is 5. The van der Waals surface area contributed by atoms with Crippen LogP contribution < -0.4 is 10.6 Å². The third kappa shape index (κ3) is 3.95. The van der Waals surface area contributed by atoms with Gasteiger partial charge in [0.1, 0.15) is 5.69 Å². The summed E-state index contributed by atoms with van der Waals surface area (Å²) in [5.74, 6) is 3.87. The van der Waals surface area contributed by atoms with Gasteiger partial charge in [0.25, 0.3) is 0 Å². The third-order valence-electron chi connectivity index (χ3n) is 6.06. The highest BCUT2D eigenvalue weighted by molar-refractivity contribution is 6.34. The molecule has 0 radical (unpaired) electrons. The largest absolute Gasteiger partial charge is 0.364 e. The average molecular weight is 447 g/mol. The van der Waals surface area contributed by atoms with Crippen LogP contribution in [0.1, 0.15) is 48.4 Å². The first-order chi connectivity index (χ1) is 15.6. The predicted molar refractivity (Wildman–Crippen MR) is 124 cm³/mol. The molecule has 1 aliphatic heterocycles. The van der Waals surface area contributed by atoms with E-state index in [-0.39, 0.29) is 0 Å². The Morgan fingerprint density at radius 1 is 1.22 bits per heavy atom. The first-order valence-electron chi connectivity index (χ1n) is 10.7. The number of halogens is 1. The number of piperidine rings is 1. The molecule has 2 fully saturated rings. The summed E-state index contributed by atoms with van der Waals surface area (Å²) in [5, 5.41) is 21.4. The smallest absolute Gasteiger partial charge is 0.247 e. The standard InChI is InChI=1S/C23H23ClN8/c1-3-17-13-26-22-21(27-16-4-5-16)29-23(30-32(17)22)28-19-11-14(12-25)10-18(20(19)24)15-6-8-31(2)9-7-15/h1,10-11,13,15-16H,4-9H2,2H3,(H2,27,28,29,30).